The average molecular weight is 777 g/mol. The zero-order chi connectivity index (χ0) is 34.7. The fourth-order valence-electron chi connectivity index (χ4n) is 8.48. The number of ketones is 2. The van der Waals surface area contributed by atoms with Crippen LogP contribution in [0.25, 0.3) is 43.8 Å². The lowest BCUT2D eigenvalue weighted by Gasteiger charge is -2.24. The van der Waals surface area contributed by atoms with Gasteiger partial charge in [-0.25, -0.2) is 0 Å². The van der Waals surface area contributed by atoms with Crippen molar-refractivity contribution in [1.82, 2.24) is 0 Å². The summed E-state index contributed by atoms with van der Waals surface area (Å²) in [7, 11) is 0. The molecular formula is C46H32Br2O2. The lowest BCUT2D eigenvalue weighted by Crippen LogP contribution is -2.23. The second kappa shape index (κ2) is 10.9. The maximum Gasteiger partial charge on any atom is 0.194 e. The highest BCUT2D eigenvalue weighted by Crippen LogP contribution is 2.51. The van der Waals surface area contributed by atoms with Gasteiger partial charge in [0.05, 0.1) is 0 Å². The summed E-state index contributed by atoms with van der Waals surface area (Å²) in [5.41, 5.74) is 12.1. The molecule has 50 heavy (non-hydrogen) atoms. The molecule has 7 aromatic rings. The number of halogens is 2. The third kappa shape index (κ3) is 4.51. The summed E-state index contributed by atoms with van der Waals surface area (Å²) in [5, 5.41) is 5.21. The standard InChI is InChI=1S/C23H15BrO2.C23H17Br/c1-23(2)19-6-4-3-5-13(19)15-10-17-18(11-20(15)23)21(25)14-8-7-12(24)9-16(14)22(17)26;1-23(2)21-6-4-3-5-19(21)20-12-16-10-15-11-18(24)8-7-14(15)9-17(16)13-22(20)23/h3-11H,1-2H3;3-13H,1-2H3. The second-order valence-corrected chi connectivity index (χ2v) is 16.6. The van der Waals surface area contributed by atoms with Crippen molar-refractivity contribution in [3.05, 3.63) is 175 Å². The molecule has 2 nitrogen and oxygen atoms in total. The number of fused-ring (bicyclic) bond motifs is 10. The van der Waals surface area contributed by atoms with Gasteiger partial charge >= 0.3 is 0 Å². The molecule has 0 heterocycles. The molecule has 0 saturated carbocycles. The first-order valence-electron chi connectivity index (χ1n) is 16.9. The van der Waals surface area contributed by atoms with E-state index in [1.54, 1.807) is 12.1 Å². The van der Waals surface area contributed by atoms with Gasteiger partial charge in [-0.3, -0.25) is 9.59 Å². The van der Waals surface area contributed by atoms with Gasteiger partial charge < -0.3 is 0 Å². The molecule has 0 N–H and O–H groups in total. The van der Waals surface area contributed by atoms with E-state index in [1.807, 2.05) is 30.3 Å². The SMILES string of the molecule is CC1(C)c2ccccc2-c2cc3c(cc21)C(=O)c1ccc(Br)cc1C3=O.CC1(C)c2ccccc2-c2cc3cc4cc(Br)ccc4cc3cc21. The molecule has 0 aliphatic heterocycles. The van der Waals surface area contributed by atoms with Crippen molar-refractivity contribution < 1.29 is 9.59 Å². The number of rotatable bonds is 0. The van der Waals surface area contributed by atoms with Crippen LogP contribution in [0.1, 0.15) is 81.8 Å². The minimum atomic E-state index is -0.190. The number of hydrogen-bond donors (Lipinski definition) is 0. The lowest BCUT2D eigenvalue weighted by molar-refractivity contribution is 0.0979. The first-order valence-corrected chi connectivity index (χ1v) is 18.5. The molecule has 7 aromatic carbocycles. The smallest absolute Gasteiger partial charge is 0.194 e. The van der Waals surface area contributed by atoms with Crippen molar-refractivity contribution in [2.75, 3.05) is 0 Å². The van der Waals surface area contributed by atoms with Crippen molar-refractivity contribution in [3.8, 4) is 22.3 Å². The molecule has 0 unspecified atom stereocenters. The molecular weight excluding hydrogens is 744 g/mol. The van der Waals surface area contributed by atoms with Crippen LogP contribution in [0.4, 0.5) is 0 Å². The Morgan fingerprint density at radius 3 is 1.54 bits per heavy atom. The van der Waals surface area contributed by atoms with Crippen LogP contribution in [0.3, 0.4) is 0 Å². The van der Waals surface area contributed by atoms with Gasteiger partial charge in [-0.05, 0) is 133 Å². The number of hydrogen-bond acceptors (Lipinski definition) is 2. The number of carbonyl (C=O) groups is 2. The van der Waals surface area contributed by atoms with E-state index in [0.717, 1.165) is 25.6 Å². The number of carbonyl (C=O) groups excluding carboxylic acids is 2. The highest BCUT2D eigenvalue weighted by molar-refractivity contribution is 9.10. The van der Waals surface area contributed by atoms with Gasteiger partial charge in [0.25, 0.3) is 0 Å². The van der Waals surface area contributed by atoms with Crippen molar-refractivity contribution in [3.63, 3.8) is 0 Å². The molecule has 242 valence electrons. The molecule has 0 saturated heterocycles. The molecule has 0 fully saturated rings. The third-order valence-corrected chi connectivity index (χ3v) is 12.1. The Hall–Kier alpha value is -4.64. The third-order valence-electron chi connectivity index (χ3n) is 11.1. The molecule has 0 bridgehead atoms. The second-order valence-electron chi connectivity index (χ2n) is 14.7. The minimum Gasteiger partial charge on any atom is -0.289 e. The van der Waals surface area contributed by atoms with Gasteiger partial charge in [-0.2, -0.15) is 0 Å². The van der Waals surface area contributed by atoms with Gasteiger partial charge in [-0.15, -0.1) is 0 Å². The van der Waals surface area contributed by atoms with Gasteiger partial charge in [0.2, 0.25) is 0 Å². The van der Waals surface area contributed by atoms with Crippen molar-refractivity contribution >= 4 is 65.0 Å². The fraction of sp³-hybridized carbons (Fsp3) is 0.130. The Bertz CT molecular complexity index is 2660. The van der Waals surface area contributed by atoms with Crippen LogP contribution in [0.15, 0.2) is 130 Å². The molecule has 0 atom stereocenters. The summed E-state index contributed by atoms with van der Waals surface area (Å²) >= 11 is 6.98. The summed E-state index contributed by atoms with van der Waals surface area (Å²) in [6.45, 7) is 9.01. The molecule has 3 aliphatic carbocycles. The van der Waals surface area contributed by atoms with Gasteiger partial charge in [0.15, 0.2) is 11.6 Å². The summed E-state index contributed by atoms with van der Waals surface area (Å²) < 4.78 is 1.93. The Balaban J connectivity index is 0.000000135. The largest absolute Gasteiger partial charge is 0.289 e. The summed E-state index contributed by atoms with van der Waals surface area (Å²) in [6, 6.07) is 42.1. The Kier molecular flexibility index (Phi) is 6.85. The van der Waals surface area contributed by atoms with Crippen molar-refractivity contribution in [2.24, 2.45) is 0 Å². The van der Waals surface area contributed by atoms with E-state index in [0.29, 0.717) is 22.3 Å². The highest BCUT2D eigenvalue weighted by atomic mass is 79.9. The highest BCUT2D eigenvalue weighted by Gasteiger charge is 2.39. The van der Waals surface area contributed by atoms with Crippen LogP contribution in [-0.2, 0) is 10.8 Å². The summed E-state index contributed by atoms with van der Waals surface area (Å²) in [4.78, 5) is 26.2. The van der Waals surface area contributed by atoms with Gasteiger partial charge in [-0.1, -0.05) is 114 Å². The van der Waals surface area contributed by atoms with E-state index >= 15 is 0 Å². The lowest BCUT2D eigenvalue weighted by atomic mass is 9.78. The molecule has 3 aliphatic rings. The monoisotopic (exact) mass is 774 g/mol. The molecule has 0 spiro atoms. The van der Waals surface area contributed by atoms with Crippen molar-refractivity contribution in [2.45, 2.75) is 38.5 Å². The van der Waals surface area contributed by atoms with Crippen LogP contribution in [0, 0.1) is 0 Å². The normalized spacial score (nSPS) is 15.4. The van der Waals surface area contributed by atoms with E-state index in [-0.39, 0.29) is 22.4 Å². The first kappa shape index (κ1) is 31.3. The predicted molar refractivity (Wildman–Crippen MR) is 212 cm³/mol. The topological polar surface area (TPSA) is 34.1 Å². The zero-order valence-electron chi connectivity index (χ0n) is 28.1. The molecule has 0 radical (unpaired) electrons. The maximum atomic E-state index is 13.1. The van der Waals surface area contributed by atoms with Crippen LogP contribution in [0.2, 0.25) is 0 Å². The summed E-state index contributed by atoms with van der Waals surface area (Å²) in [5.74, 6) is -0.155. The first-order chi connectivity index (χ1) is 23.9. The average Bonchev–Trinajstić information content (AvgIpc) is 3.47. The maximum absolute atomic E-state index is 13.1. The van der Waals surface area contributed by atoms with Crippen LogP contribution in [0.5, 0.6) is 0 Å². The predicted octanol–water partition coefficient (Wildman–Crippen LogP) is 12.6. The van der Waals surface area contributed by atoms with E-state index in [2.05, 4.69) is 138 Å². The Morgan fingerprint density at radius 1 is 0.360 bits per heavy atom. The summed E-state index contributed by atoms with van der Waals surface area (Å²) in [6.07, 6.45) is 0. The minimum absolute atomic E-state index is 0.0643. The van der Waals surface area contributed by atoms with Gasteiger partial charge in [0.1, 0.15) is 0 Å². The fourth-order valence-corrected chi connectivity index (χ4v) is 9.22. The van der Waals surface area contributed by atoms with E-state index in [1.165, 1.54) is 49.4 Å². The Labute approximate surface area is 308 Å². The van der Waals surface area contributed by atoms with Crippen molar-refractivity contribution in [1.29, 1.82) is 0 Å². The van der Waals surface area contributed by atoms with E-state index < -0.39 is 0 Å². The molecule has 0 aromatic heterocycles. The number of benzene rings is 7. The quantitative estimate of drug-likeness (QED) is 0.144. The zero-order valence-corrected chi connectivity index (χ0v) is 31.3. The van der Waals surface area contributed by atoms with E-state index in [9.17, 15) is 9.59 Å². The van der Waals surface area contributed by atoms with E-state index in [4.69, 9.17) is 0 Å². The van der Waals surface area contributed by atoms with Crippen LogP contribution in [-0.4, -0.2) is 11.6 Å². The molecule has 10 rings (SSSR count). The molecule has 4 heteroatoms. The van der Waals surface area contributed by atoms with Crippen LogP contribution >= 0.6 is 31.9 Å². The van der Waals surface area contributed by atoms with Gasteiger partial charge in [0, 0.05) is 42.0 Å². The Morgan fingerprint density at radius 2 is 0.840 bits per heavy atom. The van der Waals surface area contributed by atoms with Crippen LogP contribution < -0.4 is 0 Å². The molecule has 0 amide bonds.